The Bertz CT molecular complexity index is 558. The molecule has 0 spiro atoms. The lowest BCUT2D eigenvalue weighted by atomic mass is 10.1. The zero-order valence-corrected chi connectivity index (χ0v) is 11.0. The molecule has 1 aromatic carbocycles. The molecule has 0 aliphatic rings. The third-order valence-electron chi connectivity index (χ3n) is 2.47. The second-order valence-corrected chi connectivity index (χ2v) is 4.94. The first kappa shape index (κ1) is 13.4. The van der Waals surface area contributed by atoms with Crippen LogP contribution in [0, 0.1) is 0 Å². The quantitative estimate of drug-likeness (QED) is 0.374. The molecule has 6 nitrogen and oxygen atoms in total. The predicted molar refractivity (Wildman–Crippen MR) is 77.4 cm³/mol. The Hall–Kier alpha value is -1.99. The zero-order valence-electron chi connectivity index (χ0n) is 10.2. The Balaban J connectivity index is 2.04. The predicted octanol–water partition coefficient (Wildman–Crippen LogP) is 1.05. The minimum Gasteiger partial charge on any atom is -0.398 e. The smallest absolute Gasteiger partial charge is 0.191 e. The van der Waals surface area contributed by atoms with Crippen LogP contribution in [0.1, 0.15) is 11.7 Å². The van der Waals surface area contributed by atoms with Crippen LogP contribution in [0.2, 0.25) is 0 Å². The highest BCUT2D eigenvalue weighted by Crippen LogP contribution is 2.26. The van der Waals surface area contributed by atoms with Gasteiger partial charge in [0.1, 0.15) is 11.6 Å². The number of thioether (sulfide) groups is 1. The molecule has 2 aromatic rings. The second kappa shape index (κ2) is 5.77. The standard InChI is InChI=1S/C12H15N5OS/c13-8-4-2-1-3-7(8)9(18)6-19-12-16-10(14)5-11(15)17-12/h1-5,9,18H,6,13H2,(H4,14,15,16,17). The van der Waals surface area contributed by atoms with Gasteiger partial charge in [-0.15, -0.1) is 0 Å². The van der Waals surface area contributed by atoms with Gasteiger partial charge in [-0.25, -0.2) is 9.97 Å². The monoisotopic (exact) mass is 277 g/mol. The van der Waals surface area contributed by atoms with Crippen molar-refractivity contribution >= 4 is 29.1 Å². The van der Waals surface area contributed by atoms with Gasteiger partial charge in [-0.1, -0.05) is 30.0 Å². The molecule has 0 saturated carbocycles. The number of para-hydroxylation sites is 1. The van der Waals surface area contributed by atoms with Crippen molar-refractivity contribution in [1.82, 2.24) is 9.97 Å². The van der Waals surface area contributed by atoms with Crippen molar-refractivity contribution in [3.63, 3.8) is 0 Å². The number of hydrogen-bond acceptors (Lipinski definition) is 7. The average Bonchev–Trinajstić information content (AvgIpc) is 2.35. The molecule has 0 amide bonds. The molecule has 2 rings (SSSR count). The Morgan fingerprint density at radius 3 is 2.37 bits per heavy atom. The van der Waals surface area contributed by atoms with Crippen LogP contribution in [0.3, 0.4) is 0 Å². The molecule has 0 fully saturated rings. The number of anilines is 3. The van der Waals surface area contributed by atoms with Gasteiger partial charge in [0.25, 0.3) is 0 Å². The second-order valence-electron chi connectivity index (χ2n) is 3.96. The first-order valence-electron chi connectivity index (χ1n) is 5.61. The molecule has 7 heteroatoms. The van der Waals surface area contributed by atoms with Crippen molar-refractivity contribution in [2.24, 2.45) is 0 Å². The SMILES string of the molecule is Nc1cc(N)nc(SCC(O)c2ccccc2N)n1. The van der Waals surface area contributed by atoms with Gasteiger partial charge in [-0.05, 0) is 6.07 Å². The number of nitrogen functional groups attached to an aromatic ring is 3. The van der Waals surface area contributed by atoms with Gasteiger partial charge < -0.3 is 22.3 Å². The highest BCUT2D eigenvalue weighted by molar-refractivity contribution is 7.99. The number of nitrogens with zero attached hydrogens (tertiary/aromatic N) is 2. The van der Waals surface area contributed by atoms with E-state index in [2.05, 4.69) is 9.97 Å². The zero-order chi connectivity index (χ0) is 13.8. The molecule has 100 valence electrons. The summed E-state index contributed by atoms with van der Waals surface area (Å²) in [6.07, 6.45) is -0.697. The van der Waals surface area contributed by atoms with E-state index in [1.165, 1.54) is 17.8 Å². The number of rotatable bonds is 4. The largest absolute Gasteiger partial charge is 0.398 e. The van der Waals surface area contributed by atoms with Crippen molar-refractivity contribution < 1.29 is 5.11 Å². The topological polar surface area (TPSA) is 124 Å². The lowest BCUT2D eigenvalue weighted by molar-refractivity contribution is 0.205. The number of aliphatic hydroxyl groups excluding tert-OH is 1. The van der Waals surface area contributed by atoms with Crippen LogP contribution in [-0.4, -0.2) is 20.8 Å². The van der Waals surface area contributed by atoms with E-state index in [1.807, 2.05) is 12.1 Å². The molecule has 7 N–H and O–H groups in total. The Morgan fingerprint density at radius 2 is 1.74 bits per heavy atom. The van der Waals surface area contributed by atoms with Gasteiger partial charge in [-0.3, -0.25) is 0 Å². The molecule has 1 aromatic heterocycles. The van der Waals surface area contributed by atoms with E-state index in [9.17, 15) is 5.11 Å². The van der Waals surface area contributed by atoms with Gasteiger partial charge >= 0.3 is 0 Å². The van der Waals surface area contributed by atoms with E-state index in [0.29, 0.717) is 33.8 Å². The van der Waals surface area contributed by atoms with Crippen LogP contribution < -0.4 is 17.2 Å². The number of benzene rings is 1. The summed E-state index contributed by atoms with van der Waals surface area (Å²) in [6, 6.07) is 8.66. The Morgan fingerprint density at radius 1 is 1.11 bits per heavy atom. The van der Waals surface area contributed by atoms with E-state index in [0.717, 1.165) is 0 Å². The minimum atomic E-state index is -0.697. The molecular formula is C12H15N5OS. The fourth-order valence-electron chi connectivity index (χ4n) is 1.58. The summed E-state index contributed by atoms with van der Waals surface area (Å²) in [5.41, 5.74) is 18.2. The van der Waals surface area contributed by atoms with Gasteiger partial charge in [0.2, 0.25) is 0 Å². The van der Waals surface area contributed by atoms with E-state index < -0.39 is 6.10 Å². The fourth-order valence-corrected chi connectivity index (χ4v) is 2.41. The van der Waals surface area contributed by atoms with Gasteiger partial charge in [0.05, 0.1) is 6.10 Å². The molecule has 0 aliphatic carbocycles. The van der Waals surface area contributed by atoms with Crippen LogP contribution >= 0.6 is 11.8 Å². The normalized spacial score (nSPS) is 12.3. The minimum absolute atomic E-state index is 0.309. The van der Waals surface area contributed by atoms with Gasteiger partial charge in [0, 0.05) is 23.1 Å². The lowest BCUT2D eigenvalue weighted by Gasteiger charge is -2.12. The van der Waals surface area contributed by atoms with Crippen molar-refractivity contribution in [2.45, 2.75) is 11.3 Å². The van der Waals surface area contributed by atoms with Crippen LogP contribution in [0.4, 0.5) is 17.3 Å². The van der Waals surface area contributed by atoms with Crippen LogP contribution in [0.25, 0.3) is 0 Å². The highest BCUT2D eigenvalue weighted by atomic mass is 32.2. The number of aromatic nitrogens is 2. The maximum absolute atomic E-state index is 10.1. The van der Waals surface area contributed by atoms with Gasteiger partial charge in [0.15, 0.2) is 5.16 Å². The Labute approximate surface area is 115 Å². The maximum Gasteiger partial charge on any atom is 0.191 e. The average molecular weight is 277 g/mol. The molecule has 1 heterocycles. The first-order valence-corrected chi connectivity index (χ1v) is 6.60. The number of hydrogen-bond donors (Lipinski definition) is 4. The van der Waals surface area contributed by atoms with Crippen molar-refractivity contribution in [3.05, 3.63) is 35.9 Å². The van der Waals surface area contributed by atoms with E-state index in [-0.39, 0.29) is 0 Å². The molecule has 0 aliphatic heterocycles. The number of aliphatic hydroxyl groups is 1. The third kappa shape index (κ3) is 3.49. The molecule has 1 unspecified atom stereocenters. The van der Waals surface area contributed by atoms with Crippen molar-refractivity contribution in [3.8, 4) is 0 Å². The van der Waals surface area contributed by atoms with E-state index in [1.54, 1.807) is 12.1 Å². The molecule has 1 atom stereocenters. The van der Waals surface area contributed by atoms with Crippen LogP contribution in [0.15, 0.2) is 35.5 Å². The summed E-state index contributed by atoms with van der Waals surface area (Å²) < 4.78 is 0. The summed E-state index contributed by atoms with van der Waals surface area (Å²) in [7, 11) is 0. The van der Waals surface area contributed by atoms with Crippen LogP contribution in [-0.2, 0) is 0 Å². The van der Waals surface area contributed by atoms with E-state index in [4.69, 9.17) is 17.2 Å². The summed E-state index contributed by atoms with van der Waals surface area (Å²) in [5.74, 6) is 0.990. The molecule has 0 saturated heterocycles. The summed E-state index contributed by atoms with van der Waals surface area (Å²) >= 11 is 1.27. The van der Waals surface area contributed by atoms with E-state index >= 15 is 0 Å². The highest BCUT2D eigenvalue weighted by Gasteiger charge is 2.12. The summed E-state index contributed by atoms with van der Waals surface area (Å²) in [4.78, 5) is 8.06. The van der Waals surface area contributed by atoms with Crippen LogP contribution in [0.5, 0.6) is 0 Å². The van der Waals surface area contributed by atoms with Crippen molar-refractivity contribution in [1.29, 1.82) is 0 Å². The fraction of sp³-hybridized carbons (Fsp3) is 0.167. The number of nitrogens with two attached hydrogens (primary N) is 3. The lowest BCUT2D eigenvalue weighted by Crippen LogP contribution is -2.06. The van der Waals surface area contributed by atoms with Crippen molar-refractivity contribution in [2.75, 3.05) is 23.0 Å². The summed E-state index contributed by atoms with van der Waals surface area (Å²) in [5, 5.41) is 10.5. The molecule has 19 heavy (non-hydrogen) atoms. The third-order valence-corrected chi connectivity index (χ3v) is 3.39. The molecule has 0 radical (unpaired) electrons. The summed E-state index contributed by atoms with van der Waals surface area (Å²) in [6.45, 7) is 0. The van der Waals surface area contributed by atoms with Gasteiger partial charge in [-0.2, -0.15) is 0 Å². The molecule has 0 bridgehead atoms. The molecular weight excluding hydrogens is 262 g/mol. The maximum atomic E-state index is 10.1. The first-order chi connectivity index (χ1) is 9.06. The Kier molecular flexibility index (Phi) is 4.08.